The van der Waals surface area contributed by atoms with Crippen LogP contribution in [0.5, 0.6) is 0 Å². The standard InChI is InChI=1S/C13H23N3O3S/c1-15-8-5-13(11(15)17)10-16(20(2,18)19)9-12(13)3-6-14-7-4-12/h14H,3-10H2,1-2H3/t13-/m1/s1. The quantitative estimate of drug-likeness (QED) is 0.707. The van der Waals surface area contributed by atoms with Crippen LogP contribution in [0, 0.1) is 10.8 Å². The van der Waals surface area contributed by atoms with Crippen molar-refractivity contribution in [3.8, 4) is 0 Å². The van der Waals surface area contributed by atoms with Gasteiger partial charge >= 0.3 is 0 Å². The smallest absolute Gasteiger partial charge is 0.230 e. The lowest BCUT2D eigenvalue weighted by atomic mass is 9.60. The first kappa shape index (κ1) is 14.3. The van der Waals surface area contributed by atoms with Crippen LogP contribution in [0.25, 0.3) is 0 Å². The third-order valence-electron chi connectivity index (χ3n) is 5.60. The third kappa shape index (κ3) is 1.83. The number of hydrogen-bond acceptors (Lipinski definition) is 4. The van der Waals surface area contributed by atoms with Crippen molar-refractivity contribution in [1.29, 1.82) is 0 Å². The summed E-state index contributed by atoms with van der Waals surface area (Å²) in [4.78, 5) is 14.5. The first-order valence-electron chi connectivity index (χ1n) is 7.22. The van der Waals surface area contributed by atoms with Crippen molar-refractivity contribution in [3.63, 3.8) is 0 Å². The number of likely N-dealkylation sites (tertiary alicyclic amines) is 1. The molecule has 0 bridgehead atoms. The number of rotatable bonds is 1. The molecule has 3 aliphatic heterocycles. The monoisotopic (exact) mass is 301 g/mol. The van der Waals surface area contributed by atoms with E-state index in [1.807, 2.05) is 7.05 Å². The number of carbonyl (C=O) groups is 1. The van der Waals surface area contributed by atoms with Crippen LogP contribution < -0.4 is 5.32 Å². The highest BCUT2D eigenvalue weighted by atomic mass is 32.2. The van der Waals surface area contributed by atoms with Crippen LogP contribution >= 0.6 is 0 Å². The molecule has 1 atom stereocenters. The van der Waals surface area contributed by atoms with E-state index in [4.69, 9.17) is 0 Å². The molecule has 7 heteroatoms. The summed E-state index contributed by atoms with van der Waals surface area (Å²) < 4.78 is 25.5. The molecule has 114 valence electrons. The molecule has 3 heterocycles. The molecule has 6 nitrogen and oxygen atoms in total. The number of sulfonamides is 1. The molecule has 0 aliphatic carbocycles. The highest BCUT2D eigenvalue weighted by Crippen LogP contribution is 2.57. The number of nitrogens with zero attached hydrogens (tertiary/aromatic N) is 2. The van der Waals surface area contributed by atoms with Gasteiger partial charge in [-0.05, 0) is 32.4 Å². The Bertz CT molecular complexity index is 527. The molecule has 2 spiro atoms. The fourth-order valence-corrected chi connectivity index (χ4v) is 5.30. The van der Waals surface area contributed by atoms with Gasteiger partial charge in [-0.3, -0.25) is 4.79 Å². The fourth-order valence-electron chi connectivity index (χ4n) is 4.36. The second kappa shape index (κ2) is 4.42. The Morgan fingerprint density at radius 1 is 1.15 bits per heavy atom. The van der Waals surface area contributed by atoms with Gasteiger partial charge in [-0.1, -0.05) is 0 Å². The second-order valence-electron chi connectivity index (χ2n) is 6.62. The zero-order valence-electron chi connectivity index (χ0n) is 12.2. The summed E-state index contributed by atoms with van der Waals surface area (Å²) in [7, 11) is -1.41. The van der Waals surface area contributed by atoms with Crippen molar-refractivity contribution in [2.75, 3.05) is 46.0 Å². The van der Waals surface area contributed by atoms with Gasteiger partial charge in [-0.2, -0.15) is 0 Å². The minimum absolute atomic E-state index is 0.144. The zero-order chi connectivity index (χ0) is 14.6. The Morgan fingerprint density at radius 3 is 2.30 bits per heavy atom. The molecule has 0 aromatic carbocycles. The fraction of sp³-hybridized carbons (Fsp3) is 0.923. The summed E-state index contributed by atoms with van der Waals surface area (Å²) >= 11 is 0. The van der Waals surface area contributed by atoms with Gasteiger partial charge in [0.1, 0.15) is 0 Å². The Hall–Kier alpha value is -0.660. The molecule has 0 saturated carbocycles. The number of hydrogen-bond donors (Lipinski definition) is 1. The van der Waals surface area contributed by atoms with E-state index in [0.29, 0.717) is 13.1 Å². The molecule has 0 radical (unpaired) electrons. The molecule has 1 amide bonds. The van der Waals surface area contributed by atoms with Gasteiger partial charge in [0.05, 0.1) is 11.7 Å². The first-order valence-corrected chi connectivity index (χ1v) is 9.07. The molecule has 0 aromatic rings. The Labute approximate surface area is 120 Å². The molecule has 0 unspecified atom stereocenters. The van der Waals surface area contributed by atoms with Crippen LogP contribution in [0.15, 0.2) is 0 Å². The van der Waals surface area contributed by atoms with E-state index in [1.165, 1.54) is 10.6 Å². The van der Waals surface area contributed by atoms with E-state index < -0.39 is 15.4 Å². The van der Waals surface area contributed by atoms with Crippen LogP contribution in [0.4, 0.5) is 0 Å². The van der Waals surface area contributed by atoms with Gasteiger partial charge < -0.3 is 10.2 Å². The van der Waals surface area contributed by atoms with E-state index in [0.717, 1.165) is 38.9 Å². The van der Waals surface area contributed by atoms with Gasteiger partial charge in [0.25, 0.3) is 0 Å². The van der Waals surface area contributed by atoms with Crippen molar-refractivity contribution < 1.29 is 13.2 Å². The molecule has 3 rings (SSSR count). The summed E-state index contributed by atoms with van der Waals surface area (Å²) in [6.07, 6.45) is 3.81. The summed E-state index contributed by atoms with van der Waals surface area (Å²) in [5, 5.41) is 3.33. The van der Waals surface area contributed by atoms with Crippen molar-refractivity contribution in [1.82, 2.24) is 14.5 Å². The summed E-state index contributed by atoms with van der Waals surface area (Å²) in [5.74, 6) is 0.144. The van der Waals surface area contributed by atoms with Crippen molar-refractivity contribution >= 4 is 15.9 Å². The maximum atomic E-state index is 12.8. The Kier molecular flexibility index (Phi) is 3.15. The van der Waals surface area contributed by atoms with Gasteiger partial charge in [-0.25, -0.2) is 12.7 Å². The number of carbonyl (C=O) groups excluding carboxylic acids is 1. The van der Waals surface area contributed by atoms with E-state index in [9.17, 15) is 13.2 Å². The zero-order valence-corrected chi connectivity index (χ0v) is 13.0. The summed E-state index contributed by atoms with van der Waals surface area (Å²) in [6.45, 7) is 3.36. The third-order valence-corrected chi connectivity index (χ3v) is 6.80. The second-order valence-corrected chi connectivity index (χ2v) is 8.60. The first-order chi connectivity index (χ1) is 9.31. The molecule has 3 fully saturated rings. The predicted molar refractivity (Wildman–Crippen MR) is 75.6 cm³/mol. The largest absolute Gasteiger partial charge is 0.345 e. The Balaban J connectivity index is 2.03. The van der Waals surface area contributed by atoms with Crippen LogP contribution in [0.2, 0.25) is 0 Å². The molecule has 0 aromatic heterocycles. The van der Waals surface area contributed by atoms with Crippen LogP contribution in [0.3, 0.4) is 0 Å². The highest BCUT2D eigenvalue weighted by Gasteiger charge is 2.65. The molecule has 20 heavy (non-hydrogen) atoms. The minimum atomic E-state index is -3.24. The van der Waals surface area contributed by atoms with Crippen LogP contribution in [0.1, 0.15) is 19.3 Å². The van der Waals surface area contributed by atoms with Gasteiger partial charge in [0, 0.05) is 32.1 Å². The molecule has 3 saturated heterocycles. The Morgan fingerprint density at radius 2 is 1.80 bits per heavy atom. The summed E-state index contributed by atoms with van der Waals surface area (Å²) in [5.41, 5.74) is -0.671. The maximum Gasteiger partial charge on any atom is 0.230 e. The van der Waals surface area contributed by atoms with Crippen molar-refractivity contribution in [2.45, 2.75) is 19.3 Å². The van der Waals surface area contributed by atoms with Crippen molar-refractivity contribution in [3.05, 3.63) is 0 Å². The lowest BCUT2D eigenvalue weighted by molar-refractivity contribution is -0.140. The van der Waals surface area contributed by atoms with E-state index in [-0.39, 0.29) is 11.3 Å². The number of nitrogens with one attached hydrogen (secondary N) is 1. The van der Waals surface area contributed by atoms with Crippen LogP contribution in [-0.2, 0) is 14.8 Å². The lowest BCUT2D eigenvalue weighted by Gasteiger charge is -2.44. The van der Waals surface area contributed by atoms with Crippen LogP contribution in [-0.4, -0.2) is 69.6 Å². The number of amides is 1. The van der Waals surface area contributed by atoms with E-state index in [2.05, 4.69) is 5.32 Å². The topological polar surface area (TPSA) is 69.7 Å². The molecule has 3 aliphatic rings. The highest BCUT2D eigenvalue weighted by molar-refractivity contribution is 7.88. The number of fused-ring (bicyclic) bond motifs is 1. The maximum absolute atomic E-state index is 12.8. The number of piperidine rings is 1. The average molecular weight is 301 g/mol. The van der Waals surface area contributed by atoms with Gasteiger partial charge in [0.15, 0.2) is 0 Å². The lowest BCUT2D eigenvalue weighted by Crippen LogP contribution is -2.51. The van der Waals surface area contributed by atoms with Gasteiger partial charge in [-0.15, -0.1) is 0 Å². The SMILES string of the molecule is CN1CC[C@@]2(CN(S(C)(=O)=O)CC23CCNCC3)C1=O. The minimum Gasteiger partial charge on any atom is -0.345 e. The normalized spacial score (nSPS) is 34.5. The van der Waals surface area contributed by atoms with Gasteiger partial charge in [0.2, 0.25) is 15.9 Å². The predicted octanol–water partition coefficient (Wildman–Crippen LogP) is -0.520. The van der Waals surface area contributed by atoms with E-state index in [1.54, 1.807) is 4.90 Å². The van der Waals surface area contributed by atoms with Crippen molar-refractivity contribution in [2.24, 2.45) is 10.8 Å². The molecular formula is C13H23N3O3S. The molecule has 1 N–H and O–H groups in total. The molecular weight excluding hydrogens is 278 g/mol. The van der Waals surface area contributed by atoms with E-state index >= 15 is 0 Å². The average Bonchev–Trinajstić information content (AvgIpc) is 2.85. The summed E-state index contributed by atoms with van der Waals surface area (Å²) in [6, 6.07) is 0.